The van der Waals surface area contributed by atoms with Crippen LogP contribution in [0.5, 0.6) is 11.5 Å². The van der Waals surface area contributed by atoms with Gasteiger partial charge in [-0.3, -0.25) is 4.79 Å². The lowest BCUT2D eigenvalue weighted by molar-refractivity contribution is -0.114. The van der Waals surface area contributed by atoms with Gasteiger partial charge >= 0.3 is 0 Å². The van der Waals surface area contributed by atoms with E-state index in [0.717, 1.165) is 17.4 Å². The number of benzene rings is 2. The molecule has 0 amide bonds. The zero-order valence-corrected chi connectivity index (χ0v) is 18.1. The topological polar surface area (TPSA) is 97.0 Å². The number of ether oxygens (including phenoxy) is 1. The van der Waals surface area contributed by atoms with Gasteiger partial charge in [-0.1, -0.05) is 32.1 Å². The third-order valence-electron chi connectivity index (χ3n) is 6.03. The van der Waals surface area contributed by atoms with E-state index in [-0.39, 0.29) is 34.6 Å². The van der Waals surface area contributed by atoms with Crippen molar-refractivity contribution < 1.29 is 24.2 Å². The molecule has 0 unspecified atom stereocenters. The molecule has 1 aliphatic heterocycles. The van der Waals surface area contributed by atoms with Crippen molar-refractivity contribution >= 4 is 28.2 Å². The first-order chi connectivity index (χ1) is 14.6. The summed E-state index contributed by atoms with van der Waals surface area (Å²) in [6.45, 7) is 11.4. The predicted octanol–water partition coefficient (Wildman–Crippen LogP) is 4.35. The molecule has 0 saturated heterocycles. The van der Waals surface area contributed by atoms with Crippen LogP contribution in [0.2, 0.25) is 0 Å². The summed E-state index contributed by atoms with van der Waals surface area (Å²) in [4.78, 5) is 25.1. The highest BCUT2D eigenvalue weighted by molar-refractivity contribution is 5.97. The second-order valence-electron chi connectivity index (χ2n) is 9.18. The predicted molar refractivity (Wildman–Crippen MR) is 119 cm³/mol. The van der Waals surface area contributed by atoms with E-state index >= 15 is 0 Å². The summed E-state index contributed by atoms with van der Waals surface area (Å²) in [7, 11) is 0. The van der Waals surface area contributed by atoms with E-state index in [4.69, 9.17) is 9.15 Å². The molecule has 6 nitrogen and oxygen atoms in total. The molecular formula is C25H26O6. The maximum absolute atomic E-state index is 13.6. The standard InChI is InChI=1S/C25H26O6/c1-12(2)15-10-30-23-13(3)8-17-19(20(23)21(15)28)22(29)18-16(27)7-6-14(24(18)31-17)9-25(4,5)11-26/h6-8,11,15,21,27-28H,1,9-10H2,2-5H3/t15-,21-/m0/s1. The molecule has 2 aromatic carbocycles. The quantitative estimate of drug-likeness (QED) is 0.369. The zero-order chi connectivity index (χ0) is 22.7. The Labute approximate surface area is 179 Å². The number of phenols is 1. The fourth-order valence-corrected chi connectivity index (χ4v) is 4.32. The average Bonchev–Trinajstić information content (AvgIpc) is 2.70. The molecule has 4 rings (SSSR count). The summed E-state index contributed by atoms with van der Waals surface area (Å²) in [6, 6.07) is 4.81. The van der Waals surface area contributed by atoms with E-state index < -0.39 is 16.9 Å². The first-order valence-corrected chi connectivity index (χ1v) is 10.2. The number of aliphatic hydroxyl groups is 1. The first-order valence-electron chi connectivity index (χ1n) is 10.2. The lowest BCUT2D eigenvalue weighted by Crippen LogP contribution is -2.28. The summed E-state index contributed by atoms with van der Waals surface area (Å²) >= 11 is 0. The van der Waals surface area contributed by atoms with Gasteiger partial charge in [0.25, 0.3) is 0 Å². The van der Waals surface area contributed by atoms with Crippen LogP contribution in [0.3, 0.4) is 0 Å². The Balaban J connectivity index is 2.10. The third-order valence-corrected chi connectivity index (χ3v) is 6.03. The lowest BCUT2D eigenvalue weighted by atomic mass is 9.84. The molecule has 2 N–H and O–H groups in total. The fraction of sp³-hybridized carbons (Fsp3) is 0.360. The molecule has 0 spiro atoms. The van der Waals surface area contributed by atoms with Crippen molar-refractivity contribution in [2.24, 2.45) is 11.3 Å². The SMILES string of the molecule is C=C(C)[C@@H]1COc2c(C)cc3oc4c(CC(C)(C)C=O)ccc(O)c4c(=O)c3c2[C@H]1O. The number of carbonyl (C=O) groups is 1. The average molecular weight is 422 g/mol. The summed E-state index contributed by atoms with van der Waals surface area (Å²) < 4.78 is 12.1. The third kappa shape index (κ3) is 3.31. The Bertz CT molecular complexity index is 1300. The molecule has 31 heavy (non-hydrogen) atoms. The van der Waals surface area contributed by atoms with Crippen LogP contribution in [0, 0.1) is 18.3 Å². The van der Waals surface area contributed by atoms with Crippen LogP contribution in [-0.2, 0) is 11.2 Å². The number of hydrogen-bond donors (Lipinski definition) is 2. The molecule has 1 aromatic heterocycles. The summed E-state index contributed by atoms with van der Waals surface area (Å²) in [6.07, 6.45) is 0.217. The van der Waals surface area contributed by atoms with Gasteiger partial charge < -0.3 is 24.2 Å². The van der Waals surface area contributed by atoms with Crippen molar-refractivity contribution in [3.63, 3.8) is 0 Å². The number of fused-ring (bicyclic) bond motifs is 4. The van der Waals surface area contributed by atoms with Gasteiger partial charge in [0.05, 0.1) is 18.1 Å². The monoisotopic (exact) mass is 422 g/mol. The van der Waals surface area contributed by atoms with Crippen molar-refractivity contribution in [1.29, 1.82) is 0 Å². The second-order valence-corrected chi connectivity index (χ2v) is 9.18. The Kier molecular flexibility index (Phi) is 4.93. The smallest absolute Gasteiger partial charge is 0.204 e. The van der Waals surface area contributed by atoms with Crippen molar-refractivity contribution in [2.75, 3.05) is 6.61 Å². The van der Waals surface area contributed by atoms with E-state index in [1.54, 1.807) is 26.0 Å². The number of aryl methyl sites for hydroxylation is 1. The largest absolute Gasteiger partial charge is 0.507 e. The minimum absolute atomic E-state index is 0.0300. The van der Waals surface area contributed by atoms with Crippen LogP contribution in [-0.4, -0.2) is 23.1 Å². The minimum atomic E-state index is -0.983. The molecule has 0 radical (unpaired) electrons. The van der Waals surface area contributed by atoms with E-state index in [9.17, 15) is 19.8 Å². The molecule has 1 aliphatic rings. The van der Waals surface area contributed by atoms with Crippen molar-refractivity contribution in [2.45, 2.75) is 40.2 Å². The van der Waals surface area contributed by atoms with Crippen molar-refractivity contribution in [1.82, 2.24) is 0 Å². The number of hydrogen-bond acceptors (Lipinski definition) is 6. The normalized spacial score (nSPS) is 18.6. The van der Waals surface area contributed by atoms with Crippen LogP contribution in [0.25, 0.3) is 21.9 Å². The Morgan fingerprint density at radius 3 is 2.68 bits per heavy atom. The summed E-state index contributed by atoms with van der Waals surface area (Å²) in [5.41, 5.74) is 1.93. The van der Waals surface area contributed by atoms with Gasteiger partial charge in [0.1, 0.15) is 34.3 Å². The highest BCUT2D eigenvalue weighted by atomic mass is 16.5. The molecule has 2 heterocycles. The van der Waals surface area contributed by atoms with Crippen LogP contribution in [0.1, 0.15) is 43.6 Å². The molecule has 162 valence electrons. The summed E-state index contributed by atoms with van der Waals surface area (Å²) in [5.74, 6) is -0.113. The molecule has 0 bridgehead atoms. The maximum atomic E-state index is 13.6. The molecule has 0 saturated carbocycles. The van der Waals surface area contributed by atoms with E-state index in [0.29, 0.717) is 28.9 Å². The van der Waals surface area contributed by atoms with Gasteiger partial charge in [-0.15, -0.1) is 0 Å². The maximum Gasteiger partial charge on any atom is 0.204 e. The van der Waals surface area contributed by atoms with Gasteiger partial charge in [-0.05, 0) is 43.5 Å². The molecule has 0 aliphatic carbocycles. The van der Waals surface area contributed by atoms with Gasteiger partial charge in [0, 0.05) is 16.9 Å². The number of aromatic hydroxyl groups is 1. The van der Waals surface area contributed by atoms with Gasteiger partial charge in [0.15, 0.2) is 0 Å². The van der Waals surface area contributed by atoms with Crippen LogP contribution < -0.4 is 10.2 Å². The minimum Gasteiger partial charge on any atom is -0.507 e. The van der Waals surface area contributed by atoms with E-state index in [1.807, 2.05) is 13.8 Å². The zero-order valence-electron chi connectivity index (χ0n) is 18.1. The number of rotatable bonds is 4. The number of aliphatic hydroxyl groups excluding tert-OH is 1. The lowest BCUT2D eigenvalue weighted by Gasteiger charge is -2.32. The Morgan fingerprint density at radius 1 is 1.32 bits per heavy atom. The van der Waals surface area contributed by atoms with Gasteiger partial charge in [0.2, 0.25) is 5.43 Å². The molecule has 3 aromatic rings. The number of phenolic OH excluding ortho intramolecular Hbond substituents is 1. The highest BCUT2D eigenvalue weighted by Crippen LogP contribution is 2.44. The van der Waals surface area contributed by atoms with Gasteiger partial charge in [-0.25, -0.2) is 0 Å². The van der Waals surface area contributed by atoms with Crippen LogP contribution in [0.4, 0.5) is 0 Å². The second kappa shape index (κ2) is 7.24. The summed E-state index contributed by atoms with van der Waals surface area (Å²) in [5, 5.41) is 21.8. The van der Waals surface area contributed by atoms with Crippen molar-refractivity contribution in [3.8, 4) is 11.5 Å². The number of aldehydes is 1. The molecule has 6 heteroatoms. The number of carbonyl (C=O) groups excluding carboxylic acids is 1. The first kappa shape index (κ1) is 21.1. The Morgan fingerprint density at radius 2 is 2.03 bits per heavy atom. The van der Waals surface area contributed by atoms with Crippen LogP contribution in [0.15, 0.2) is 39.6 Å². The highest BCUT2D eigenvalue weighted by Gasteiger charge is 2.35. The van der Waals surface area contributed by atoms with Crippen molar-refractivity contribution in [3.05, 3.63) is 57.3 Å². The van der Waals surface area contributed by atoms with E-state index in [1.165, 1.54) is 6.07 Å². The fourth-order valence-electron chi connectivity index (χ4n) is 4.32. The van der Waals surface area contributed by atoms with Crippen LogP contribution >= 0.6 is 0 Å². The van der Waals surface area contributed by atoms with E-state index in [2.05, 4.69) is 6.58 Å². The molecular weight excluding hydrogens is 396 g/mol. The molecule has 0 fully saturated rings. The Hall–Kier alpha value is -3.12. The molecule has 2 atom stereocenters. The van der Waals surface area contributed by atoms with Gasteiger partial charge in [-0.2, -0.15) is 0 Å².